The molecule has 0 radical (unpaired) electrons. The average Bonchev–Trinajstić information content (AvgIpc) is 2.74. The standard InChI is InChI=1S/C11H11N3O4S2/c1-5-6(3-7(20-5)10(17)18)4-19-11-12-8(15)9(16)13-14(11)2/h3H,4H2,1-2H3,(H,13,16)(H,17,18). The second-order valence-electron chi connectivity index (χ2n) is 3.99. The van der Waals surface area contributed by atoms with Crippen LogP contribution in [0.15, 0.2) is 20.8 Å². The Balaban J connectivity index is 2.21. The highest BCUT2D eigenvalue weighted by molar-refractivity contribution is 7.98. The van der Waals surface area contributed by atoms with Crippen LogP contribution < -0.4 is 11.1 Å². The highest BCUT2D eigenvalue weighted by Gasteiger charge is 2.12. The molecule has 0 aliphatic rings. The van der Waals surface area contributed by atoms with Crippen molar-refractivity contribution in [2.45, 2.75) is 17.8 Å². The van der Waals surface area contributed by atoms with Crippen LogP contribution in [0, 0.1) is 6.92 Å². The van der Waals surface area contributed by atoms with Gasteiger partial charge >= 0.3 is 17.1 Å². The molecule has 0 amide bonds. The number of aromatic nitrogens is 3. The number of rotatable bonds is 4. The summed E-state index contributed by atoms with van der Waals surface area (Å²) in [7, 11) is 1.58. The van der Waals surface area contributed by atoms with Gasteiger partial charge in [-0.05, 0) is 18.6 Å². The third-order valence-electron chi connectivity index (χ3n) is 2.54. The van der Waals surface area contributed by atoms with E-state index in [1.54, 1.807) is 13.1 Å². The fourth-order valence-corrected chi connectivity index (χ4v) is 3.44. The van der Waals surface area contributed by atoms with Gasteiger partial charge < -0.3 is 5.11 Å². The van der Waals surface area contributed by atoms with Crippen LogP contribution in [0.1, 0.15) is 20.1 Å². The number of aryl methyl sites for hydroxylation is 2. The van der Waals surface area contributed by atoms with Gasteiger partial charge in [0.2, 0.25) is 0 Å². The van der Waals surface area contributed by atoms with E-state index in [9.17, 15) is 14.4 Å². The van der Waals surface area contributed by atoms with E-state index in [1.807, 2.05) is 6.92 Å². The first-order chi connectivity index (χ1) is 9.38. The molecule has 0 fully saturated rings. The normalized spacial score (nSPS) is 10.7. The Morgan fingerprint density at radius 3 is 2.85 bits per heavy atom. The number of thioether (sulfide) groups is 1. The van der Waals surface area contributed by atoms with Crippen LogP contribution in [-0.4, -0.2) is 25.8 Å². The van der Waals surface area contributed by atoms with E-state index in [1.165, 1.54) is 27.8 Å². The van der Waals surface area contributed by atoms with E-state index < -0.39 is 17.1 Å². The van der Waals surface area contributed by atoms with Crippen LogP contribution in [0.4, 0.5) is 0 Å². The average molecular weight is 313 g/mol. The fraction of sp³-hybridized carbons (Fsp3) is 0.273. The largest absolute Gasteiger partial charge is 0.477 e. The number of carboxylic acid groups (broad SMARTS) is 1. The summed E-state index contributed by atoms with van der Waals surface area (Å²) in [6.45, 7) is 1.84. The third-order valence-corrected chi connectivity index (χ3v) is 4.70. The third kappa shape index (κ3) is 2.99. The molecule has 0 saturated heterocycles. The number of thiophene rings is 1. The van der Waals surface area contributed by atoms with E-state index in [-0.39, 0.29) is 4.88 Å². The van der Waals surface area contributed by atoms with Gasteiger partial charge in [0.05, 0.1) is 0 Å². The molecule has 0 aliphatic carbocycles. The first-order valence-electron chi connectivity index (χ1n) is 5.51. The molecule has 2 heterocycles. The number of H-pyrrole nitrogens is 1. The molecular formula is C11H11N3O4S2. The summed E-state index contributed by atoms with van der Waals surface area (Å²) in [5, 5.41) is 11.7. The Bertz CT molecular complexity index is 775. The summed E-state index contributed by atoms with van der Waals surface area (Å²) in [4.78, 5) is 38.0. The molecule has 9 heteroatoms. The van der Waals surface area contributed by atoms with Gasteiger partial charge in [-0.25, -0.2) is 4.79 Å². The summed E-state index contributed by atoms with van der Waals surface area (Å²) in [5.74, 6) is -0.481. The van der Waals surface area contributed by atoms with Crippen molar-refractivity contribution in [3.63, 3.8) is 0 Å². The second kappa shape index (κ2) is 5.63. The summed E-state index contributed by atoms with van der Waals surface area (Å²) in [6, 6.07) is 1.61. The fourth-order valence-electron chi connectivity index (χ4n) is 1.50. The molecule has 7 nitrogen and oxygen atoms in total. The lowest BCUT2D eigenvalue weighted by Crippen LogP contribution is -2.33. The predicted octanol–water partition coefficient (Wildman–Crippen LogP) is 0.829. The van der Waals surface area contributed by atoms with Gasteiger partial charge in [0.1, 0.15) is 4.88 Å². The van der Waals surface area contributed by atoms with E-state index in [4.69, 9.17) is 5.11 Å². The number of nitrogens with zero attached hydrogens (tertiary/aromatic N) is 2. The maximum absolute atomic E-state index is 11.2. The van der Waals surface area contributed by atoms with Crippen LogP contribution in [0.25, 0.3) is 0 Å². The molecule has 0 saturated carbocycles. The predicted molar refractivity (Wildman–Crippen MR) is 75.7 cm³/mol. The summed E-state index contributed by atoms with van der Waals surface area (Å²) in [5.41, 5.74) is -0.728. The lowest BCUT2D eigenvalue weighted by molar-refractivity contribution is 0.0702. The Kier molecular flexibility index (Phi) is 4.09. The van der Waals surface area contributed by atoms with Crippen molar-refractivity contribution in [1.82, 2.24) is 14.8 Å². The number of hydrogen-bond acceptors (Lipinski definition) is 6. The zero-order valence-corrected chi connectivity index (χ0v) is 12.3. The minimum absolute atomic E-state index is 0.279. The molecule has 0 atom stereocenters. The molecule has 0 aliphatic heterocycles. The minimum Gasteiger partial charge on any atom is -0.477 e. The van der Waals surface area contributed by atoms with Crippen LogP contribution in [0.2, 0.25) is 0 Å². The van der Waals surface area contributed by atoms with Gasteiger partial charge in [-0.1, -0.05) is 11.8 Å². The van der Waals surface area contributed by atoms with Gasteiger partial charge in [-0.3, -0.25) is 19.4 Å². The second-order valence-corrected chi connectivity index (χ2v) is 6.18. The Labute approximate surface area is 121 Å². The van der Waals surface area contributed by atoms with Gasteiger partial charge in [0.15, 0.2) is 5.16 Å². The molecule has 0 spiro atoms. The maximum Gasteiger partial charge on any atom is 0.345 e. The number of aromatic carboxylic acids is 1. The highest BCUT2D eigenvalue weighted by atomic mass is 32.2. The monoisotopic (exact) mass is 313 g/mol. The zero-order chi connectivity index (χ0) is 14.9. The molecule has 0 aromatic carbocycles. The van der Waals surface area contributed by atoms with E-state index in [0.29, 0.717) is 10.9 Å². The summed E-state index contributed by atoms with van der Waals surface area (Å²) < 4.78 is 1.37. The number of hydrogen-bond donors (Lipinski definition) is 2. The van der Waals surface area contributed by atoms with E-state index >= 15 is 0 Å². The number of nitrogens with one attached hydrogen (secondary N) is 1. The van der Waals surface area contributed by atoms with Gasteiger partial charge in [0, 0.05) is 17.7 Å². The summed E-state index contributed by atoms with van der Waals surface area (Å²) in [6.07, 6.45) is 0. The highest BCUT2D eigenvalue weighted by Crippen LogP contribution is 2.27. The molecule has 2 rings (SSSR count). The Morgan fingerprint density at radius 1 is 1.55 bits per heavy atom. The smallest absolute Gasteiger partial charge is 0.345 e. The number of carbonyl (C=O) groups is 1. The number of carboxylic acids is 1. The first-order valence-corrected chi connectivity index (χ1v) is 7.31. The van der Waals surface area contributed by atoms with Gasteiger partial charge in [-0.2, -0.15) is 4.98 Å². The van der Waals surface area contributed by atoms with Crippen LogP contribution >= 0.6 is 23.1 Å². The topological polar surface area (TPSA) is 105 Å². The summed E-state index contributed by atoms with van der Waals surface area (Å²) >= 11 is 2.47. The van der Waals surface area contributed by atoms with Crippen LogP contribution in [0.5, 0.6) is 0 Å². The maximum atomic E-state index is 11.2. The van der Waals surface area contributed by atoms with Crippen LogP contribution in [-0.2, 0) is 12.8 Å². The van der Waals surface area contributed by atoms with Crippen molar-refractivity contribution < 1.29 is 9.90 Å². The molecule has 106 valence electrons. The van der Waals surface area contributed by atoms with E-state index in [2.05, 4.69) is 10.1 Å². The van der Waals surface area contributed by atoms with Gasteiger partial charge in [-0.15, -0.1) is 11.3 Å². The van der Waals surface area contributed by atoms with Crippen LogP contribution in [0.3, 0.4) is 0 Å². The van der Waals surface area contributed by atoms with Crippen molar-refractivity contribution >= 4 is 29.1 Å². The van der Waals surface area contributed by atoms with Crippen molar-refractivity contribution in [3.05, 3.63) is 42.1 Å². The molecule has 20 heavy (non-hydrogen) atoms. The lowest BCUT2D eigenvalue weighted by Gasteiger charge is -2.05. The van der Waals surface area contributed by atoms with Crippen molar-refractivity contribution in [2.24, 2.45) is 7.05 Å². The molecule has 0 unspecified atom stereocenters. The Hall–Kier alpha value is -1.87. The molecular weight excluding hydrogens is 302 g/mol. The molecule has 2 aromatic heterocycles. The Morgan fingerprint density at radius 2 is 2.25 bits per heavy atom. The number of aromatic amines is 1. The SMILES string of the molecule is Cc1sc(C(=O)O)cc1CSc1nc(=O)c(=O)[nH]n1C. The van der Waals surface area contributed by atoms with Gasteiger partial charge in [0.25, 0.3) is 0 Å². The molecule has 0 bridgehead atoms. The van der Waals surface area contributed by atoms with Crippen molar-refractivity contribution in [2.75, 3.05) is 0 Å². The first kappa shape index (κ1) is 14.5. The molecule has 2 N–H and O–H groups in total. The molecule has 2 aromatic rings. The van der Waals surface area contributed by atoms with Crippen molar-refractivity contribution in [1.29, 1.82) is 0 Å². The van der Waals surface area contributed by atoms with E-state index in [0.717, 1.165) is 10.4 Å². The van der Waals surface area contributed by atoms with Crippen molar-refractivity contribution in [3.8, 4) is 0 Å². The quantitative estimate of drug-likeness (QED) is 0.640. The minimum atomic E-state index is -0.955. The zero-order valence-electron chi connectivity index (χ0n) is 10.7. The lowest BCUT2D eigenvalue weighted by atomic mass is 10.3.